The molecule has 0 atom stereocenters. The Morgan fingerprint density at radius 2 is 2.00 bits per heavy atom. The first kappa shape index (κ1) is 9.81. The van der Waals surface area contributed by atoms with E-state index in [0.29, 0.717) is 16.0 Å². The minimum absolute atomic E-state index is 0.510. The number of nitrogens with two attached hydrogens (primary N) is 1. The largest absolute Gasteiger partial charge is 0.307 e. The van der Waals surface area contributed by atoms with Crippen molar-refractivity contribution in [1.82, 2.24) is 19.9 Å². The van der Waals surface area contributed by atoms with E-state index in [4.69, 9.17) is 5.84 Å². The summed E-state index contributed by atoms with van der Waals surface area (Å²) < 4.78 is 0. The van der Waals surface area contributed by atoms with Crippen LogP contribution >= 0.6 is 11.8 Å². The molecular weight excluding hydrogens is 212 g/mol. The van der Waals surface area contributed by atoms with Crippen LogP contribution in [0.15, 0.2) is 41.0 Å². The van der Waals surface area contributed by atoms with Crippen molar-refractivity contribution in [2.75, 3.05) is 5.43 Å². The lowest BCUT2D eigenvalue weighted by Crippen LogP contribution is -2.08. The number of hydrogen-bond donors (Lipinski definition) is 2. The maximum absolute atomic E-state index is 5.22. The van der Waals surface area contributed by atoms with Gasteiger partial charge < -0.3 is 5.43 Å². The molecule has 0 bridgehead atoms. The van der Waals surface area contributed by atoms with Crippen molar-refractivity contribution in [3.8, 4) is 0 Å². The molecule has 2 aromatic rings. The molecule has 76 valence electrons. The molecule has 0 fully saturated rings. The Balaban J connectivity index is 2.17. The third kappa shape index (κ3) is 2.61. The average molecular weight is 220 g/mol. The van der Waals surface area contributed by atoms with E-state index < -0.39 is 0 Å². The van der Waals surface area contributed by atoms with Crippen molar-refractivity contribution in [2.24, 2.45) is 5.84 Å². The topological polar surface area (TPSA) is 89.6 Å². The zero-order valence-corrected chi connectivity index (χ0v) is 8.48. The lowest BCUT2D eigenvalue weighted by atomic mass is 10.7. The van der Waals surface area contributed by atoms with Crippen LogP contribution in [0.3, 0.4) is 0 Å². The minimum atomic E-state index is 0.510. The monoisotopic (exact) mass is 220 g/mol. The molecule has 0 radical (unpaired) electrons. The molecule has 2 heterocycles. The third-order valence-electron chi connectivity index (χ3n) is 1.50. The average Bonchev–Trinajstić information content (AvgIpc) is 2.31. The summed E-state index contributed by atoms with van der Waals surface area (Å²) in [6.07, 6.45) is 6.51. The van der Waals surface area contributed by atoms with E-state index in [1.54, 1.807) is 24.7 Å². The third-order valence-corrected chi connectivity index (χ3v) is 2.30. The highest BCUT2D eigenvalue weighted by Gasteiger charge is 2.02. The lowest BCUT2D eigenvalue weighted by molar-refractivity contribution is 0.954. The van der Waals surface area contributed by atoms with Gasteiger partial charge >= 0.3 is 0 Å². The minimum Gasteiger partial charge on any atom is -0.307 e. The van der Waals surface area contributed by atoms with E-state index in [2.05, 4.69) is 25.4 Å². The van der Waals surface area contributed by atoms with E-state index in [0.717, 1.165) is 0 Å². The highest BCUT2D eigenvalue weighted by Crippen LogP contribution is 2.21. The quantitative estimate of drug-likeness (QED) is 0.447. The van der Waals surface area contributed by atoms with Gasteiger partial charge in [0.25, 0.3) is 0 Å². The molecule has 0 spiro atoms. The van der Waals surface area contributed by atoms with Gasteiger partial charge in [-0.1, -0.05) is 0 Å². The number of aromatic nitrogens is 4. The zero-order chi connectivity index (χ0) is 10.5. The van der Waals surface area contributed by atoms with Crippen LogP contribution in [0, 0.1) is 0 Å². The van der Waals surface area contributed by atoms with E-state index in [1.165, 1.54) is 18.0 Å². The summed E-state index contributed by atoms with van der Waals surface area (Å²) in [7, 11) is 0. The molecule has 0 amide bonds. The van der Waals surface area contributed by atoms with Crippen molar-refractivity contribution in [2.45, 2.75) is 10.2 Å². The maximum atomic E-state index is 5.22. The fourth-order valence-corrected chi connectivity index (χ4v) is 1.57. The van der Waals surface area contributed by atoms with Crippen LogP contribution in [0.25, 0.3) is 0 Å². The van der Waals surface area contributed by atoms with Crippen LogP contribution in [0.1, 0.15) is 0 Å². The molecule has 2 aromatic heterocycles. The smallest absolute Gasteiger partial charge is 0.193 e. The van der Waals surface area contributed by atoms with Crippen molar-refractivity contribution in [3.63, 3.8) is 0 Å². The van der Waals surface area contributed by atoms with Crippen LogP contribution in [0.4, 0.5) is 5.82 Å². The summed E-state index contributed by atoms with van der Waals surface area (Å²) in [4.78, 5) is 16.3. The molecule has 2 rings (SSSR count). The number of hydrazine groups is 1. The molecule has 3 N–H and O–H groups in total. The van der Waals surface area contributed by atoms with Gasteiger partial charge in [0.05, 0.1) is 12.4 Å². The normalized spacial score (nSPS) is 9.93. The summed E-state index contributed by atoms with van der Waals surface area (Å²) in [5, 5.41) is 1.32. The number of hydrogen-bond acceptors (Lipinski definition) is 7. The second-order valence-corrected chi connectivity index (χ2v) is 3.51. The second kappa shape index (κ2) is 4.67. The van der Waals surface area contributed by atoms with Crippen molar-refractivity contribution in [1.29, 1.82) is 0 Å². The van der Waals surface area contributed by atoms with E-state index >= 15 is 0 Å². The molecule has 6 nitrogen and oxygen atoms in total. The molecule has 0 aliphatic heterocycles. The van der Waals surface area contributed by atoms with E-state index in [-0.39, 0.29) is 0 Å². The first-order valence-corrected chi connectivity index (χ1v) is 4.93. The highest BCUT2D eigenvalue weighted by molar-refractivity contribution is 7.99. The molecule has 0 aliphatic rings. The van der Waals surface area contributed by atoms with E-state index in [9.17, 15) is 0 Å². The molecule has 7 heteroatoms. The summed E-state index contributed by atoms with van der Waals surface area (Å²) >= 11 is 1.33. The Kier molecular flexibility index (Phi) is 3.05. The van der Waals surface area contributed by atoms with Gasteiger partial charge in [0, 0.05) is 12.4 Å². The Morgan fingerprint density at radius 3 is 2.73 bits per heavy atom. The van der Waals surface area contributed by atoms with Gasteiger partial charge in [-0.2, -0.15) is 0 Å². The van der Waals surface area contributed by atoms with Gasteiger partial charge in [0.1, 0.15) is 5.03 Å². The fourth-order valence-electron chi connectivity index (χ4n) is 0.898. The Hall–Kier alpha value is -1.73. The first-order valence-electron chi connectivity index (χ1n) is 4.12. The standard InChI is InChI=1S/C8H8N6S/c9-14-6-4-10-5-7(13-6)15-8-11-2-1-3-12-8/h1-5H,9H2,(H,13,14). The SMILES string of the molecule is NNc1cncc(Sc2ncccn2)n1. The molecule has 0 saturated carbocycles. The highest BCUT2D eigenvalue weighted by atomic mass is 32.2. The van der Waals surface area contributed by atoms with Crippen LogP contribution in [0.5, 0.6) is 0 Å². The predicted octanol–water partition coefficient (Wildman–Crippen LogP) is 0.703. The fraction of sp³-hybridized carbons (Fsp3) is 0. The zero-order valence-electron chi connectivity index (χ0n) is 7.66. The Labute approximate surface area is 90.4 Å². The van der Waals surface area contributed by atoms with Crippen LogP contribution in [-0.2, 0) is 0 Å². The molecule has 0 aromatic carbocycles. The van der Waals surface area contributed by atoms with Crippen LogP contribution in [-0.4, -0.2) is 19.9 Å². The Morgan fingerprint density at radius 1 is 1.20 bits per heavy atom. The van der Waals surface area contributed by atoms with Gasteiger partial charge in [-0.25, -0.2) is 20.8 Å². The number of nitrogens with zero attached hydrogens (tertiary/aromatic N) is 4. The maximum Gasteiger partial charge on any atom is 0.193 e. The summed E-state index contributed by atoms with van der Waals surface area (Å²) in [5.74, 6) is 5.73. The van der Waals surface area contributed by atoms with Gasteiger partial charge in [0.15, 0.2) is 11.0 Å². The second-order valence-electron chi connectivity index (χ2n) is 2.52. The predicted molar refractivity (Wildman–Crippen MR) is 56.0 cm³/mol. The summed E-state index contributed by atoms with van der Waals surface area (Å²) in [6.45, 7) is 0. The number of rotatable bonds is 3. The van der Waals surface area contributed by atoms with E-state index in [1.807, 2.05) is 0 Å². The Bertz CT molecular complexity index is 434. The van der Waals surface area contributed by atoms with Crippen LogP contribution < -0.4 is 11.3 Å². The lowest BCUT2D eigenvalue weighted by Gasteiger charge is -2.00. The number of nitrogen functional groups attached to an aromatic ring is 1. The molecule has 0 unspecified atom stereocenters. The van der Waals surface area contributed by atoms with Gasteiger partial charge in [0.2, 0.25) is 0 Å². The van der Waals surface area contributed by atoms with Crippen molar-refractivity contribution in [3.05, 3.63) is 30.9 Å². The molecular formula is C8H8N6S. The van der Waals surface area contributed by atoms with Gasteiger partial charge in [-0.3, -0.25) is 4.98 Å². The molecule has 0 aliphatic carbocycles. The van der Waals surface area contributed by atoms with Crippen molar-refractivity contribution >= 4 is 17.6 Å². The molecule has 15 heavy (non-hydrogen) atoms. The summed E-state index contributed by atoms with van der Waals surface area (Å²) in [6, 6.07) is 1.76. The van der Waals surface area contributed by atoms with Gasteiger partial charge in [-0.15, -0.1) is 0 Å². The number of nitrogens with one attached hydrogen (secondary N) is 1. The molecule has 0 saturated heterocycles. The van der Waals surface area contributed by atoms with Gasteiger partial charge in [-0.05, 0) is 17.8 Å². The first-order chi connectivity index (χ1) is 7.38. The summed E-state index contributed by atoms with van der Waals surface area (Å²) in [5.41, 5.74) is 2.43. The number of anilines is 1. The van der Waals surface area contributed by atoms with Crippen molar-refractivity contribution < 1.29 is 0 Å². The van der Waals surface area contributed by atoms with Crippen LogP contribution in [0.2, 0.25) is 0 Å².